The number of para-hydroxylation sites is 1. The van der Waals surface area contributed by atoms with Crippen LogP contribution in [0.25, 0.3) is 0 Å². The summed E-state index contributed by atoms with van der Waals surface area (Å²) >= 11 is 0. The maximum Gasteiger partial charge on any atom is 0.329 e. The smallest absolute Gasteiger partial charge is 0.329 e. The van der Waals surface area contributed by atoms with E-state index in [0.29, 0.717) is 22.7 Å². The number of anilines is 1. The molecule has 7 nitrogen and oxygen atoms in total. The van der Waals surface area contributed by atoms with Gasteiger partial charge >= 0.3 is 11.8 Å². The Morgan fingerprint density at radius 1 is 1.08 bits per heavy atom. The molecule has 0 bridgehead atoms. The second kappa shape index (κ2) is 9.22. The van der Waals surface area contributed by atoms with Crippen molar-refractivity contribution in [2.45, 2.75) is 13.3 Å². The highest BCUT2D eigenvalue weighted by molar-refractivity contribution is 6.39. The largest absolute Gasteiger partial charge is 0.497 e. The number of ether oxygens (including phenoxy) is 2. The number of carbonyl (C=O) groups excluding carboxylic acids is 2. The molecule has 0 atom stereocenters. The highest BCUT2D eigenvalue weighted by atomic mass is 16.5. The van der Waals surface area contributed by atoms with Crippen molar-refractivity contribution in [2.75, 3.05) is 19.5 Å². The molecule has 2 rings (SSSR count). The zero-order valence-corrected chi connectivity index (χ0v) is 14.9. The average Bonchev–Trinajstić information content (AvgIpc) is 2.68. The van der Waals surface area contributed by atoms with Gasteiger partial charge in [0.25, 0.3) is 0 Å². The number of nitrogens with one attached hydrogen (secondary N) is 2. The minimum absolute atomic E-state index is 0.560. The van der Waals surface area contributed by atoms with Crippen LogP contribution in [-0.4, -0.2) is 32.2 Å². The van der Waals surface area contributed by atoms with Gasteiger partial charge in [0.05, 0.1) is 20.4 Å². The quantitative estimate of drug-likeness (QED) is 0.473. The topological polar surface area (TPSA) is 89.0 Å². The van der Waals surface area contributed by atoms with E-state index >= 15 is 0 Å². The van der Waals surface area contributed by atoms with Gasteiger partial charge in [-0.3, -0.25) is 9.59 Å². The van der Waals surface area contributed by atoms with Crippen LogP contribution in [0.15, 0.2) is 47.6 Å². The molecule has 0 aromatic heterocycles. The highest BCUT2D eigenvalue weighted by Gasteiger charge is 2.14. The van der Waals surface area contributed by atoms with Crippen molar-refractivity contribution in [3.8, 4) is 11.5 Å². The fourth-order valence-electron chi connectivity index (χ4n) is 2.28. The number of carbonyl (C=O) groups is 2. The molecule has 0 aliphatic carbocycles. The van der Waals surface area contributed by atoms with E-state index in [9.17, 15) is 9.59 Å². The summed E-state index contributed by atoms with van der Waals surface area (Å²) in [5.41, 5.74) is 4.35. The standard InChI is InChI=1S/C19H21N3O4/c1-4-13-7-5-6-8-16(13)21-18(23)19(24)22-20-12-14-11-15(25-2)9-10-17(14)26-3/h5-12H,4H2,1-3H3,(H,21,23)(H,22,24). The third kappa shape index (κ3) is 4.83. The number of amides is 2. The van der Waals surface area contributed by atoms with Crippen LogP contribution in [-0.2, 0) is 16.0 Å². The van der Waals surface area contributed by atoms with Crippen molar-refractivity contribution in [2.24, 2.45) is 5.10 Å². The van der Waals surface area contributed by atoms with E-state index in [0.717, 1.165) is 12.0 Å². The second-order valence-electron chi connectivity index (χ2n) is 5.27. The third-order valence-electron chi connectivity index (χ3n) is 3.66. The van der Waals surface area contributed by atoms with Crippen LogP contribution >= 0.6 is 0 Å². The summed E-state index contributed by atoms with van der Waals surface area (Å²) in [6.07, 6.45) is 2.12. The van der Waals surface area contributed by atoms with Gasteiger partial charge in [-0.05, 0) is 36.2 Å². The van der Waals surface area contributed by atoms with Gasteiger partial charge in [0.1, 0.15) is 11.5 Å². The molecule has 0 heterocycles. The van der Waals surface area contributed by atoms with E-state index in [2.05, 4.69) is 15.8 Å². The molecular weight excluding hydrogens is 334 g/mol. The lowest BCUT2D eigenvalue weighted by atomic mass is 10.1. The first-order valence-corrected chi connectivity index (χ1v) is 8.03. The number of hydrogen-bond acceptors (Lipinski definition) is 5. The number of hydrogen-bond donors (Lipinski definition) is 2. The summed E-state index contributed by atoms with van der Waals surface area (Å²) in [6.45, 7) is 1.97. The average molecular weight is 355 g/mol. The Hall–Kier alpha value is -3.35. The Morgan fingerprint density at radius 3 is 2.54 bits per heavy atom. The molecule has 0 aliphatic rings. The molecule has 0 saturated heterocycles. The van der Waals surface area contributed by atoms with E-state index < -0.39 is 11.8 Å². The summed E-state index contributed by atoms with van der Waals surface area (Å²) in [4.78, 5) is 23.9. The van der Waals surface area contributed by atoms with Crippen LogP contribution in [0, 0.1) is 0 Å². The first-order chi connectivity index (χ1) is 12.6. The monoisotopic (exact) mass is 355 g/mol. The molecule has 0 fully saturated rings. The molecule has 2 amide bonds. The summed E-state index contributed by atoms with van der Waals surface area (Å²) < 4.78 is 10.4. The SMILES string of the molecule is CCc1ccccc1NC(=O)C(=O)NN=Cc1cc(OC)ccc1OC. The van der Waals surface area contributed by atoms with Crippen molar-refractivity contribution >= 4 is 23.7 Å². The van der Waals surface area contributed by atoms with Crippen LogP contribution in [0.2, 0.25) is 0 Å². The zero-order valence-electron chi connectivity index (χ0n) is 14.9. The van der Waals surface area contributed by atoms with Crippen molar-refractivity contribution in [1.29, 1.82) is 0 Å². The fourth-order valence-corrected chi connectivity index (χ4v) is 2.28. The Labute approximate surface area is 152 Å². The van der Waals surface area contributed by atoms with Crippen LogP contribution in [0.5, 0.6) is 11.5 Å². The van der Waals surface area contributed by atoms with E-state index in [4.69, 9.17) is 9.47 Å². The number of rotatable bonds is 6. The number of hydrazone groups is 1. The molecule has 136 valence electrons. The molecule has 26 heavy (non-hydrogen) atoms. The predicted molar refractivity (Wildman–Crippen MR) is 99.7 cm³/mol. The first kappa shape index (κ1) is 19.0. The van der Waals surface area contributed by atoms with Crippen LogP contribution < -0.4 is 20.2 Å². The summed E-state index contributed by atoms with van der Waals surface area (Å²) in [5.74, 6) is -0.479. The molecule has 7 heteroatoms. The van der Waals surface area contributed by atoms with Crippen molar-refractivity contribution in [3.63, 3.8) is 0 Å². The van der Waals surface area contributed by atoms with E-state index in [-0.39, 0.29) is 0 Å². The maximum absolute atomic E-state index is 12.0. The van der Waals surface area contributed by atoms with Crippen molar-refractivity contribution in [3.05, 3.63) is 53.6 Å². The Balaban J connectivity index is 2.01. The van der Waals surface area contributed by atoms with Gasteiger partial charge < -0.3 is 14.8 Å². The first-order valence-electron chi connectivity index (χ1n) is 8.03. The number of aryl methyl sites for hydroxylation is 1. The molecule has 0 saturated carbocycles. The van der Waals surface area contributed by atoms with Crippen molar-refractivity contribution in [1.82, 2.24) is 5.43 Å². The van der Waals surface area contributed by atoms with E-state index in [1.165, 1.54) is 13.3 Å². The maximum atomic E-state index is 12.0. The highest BCUT2D eigenvalue weighted by Crippen LogP contribution is 2.22. The predicted octanol–water partition coefficient (Wildman–Crippen LogP) is 2.36. The molecule has 2 N–H and O–H groups in total. The minimum atomic E-state index is -0.867. The molecule has 0 unspecified atom stereocenters. The zero-order chi connectivity index (χ0) is 18.9. The Kier molecular flexibility index (Phi) is 6.73. The summed E-state index contributed by atoms with van der Waals surface area (Å²) in [7, 11) is 3.07. The van der Waals surface area contributed by atoms with Gasteiger partial charge in [0.2, 0.25) is 0 Å². The molecule has 2 aromatic rings. The third-order valence-corrected chi connectivity index (χ3v) is 3.66. The van der Waals surface area contributed by atoms with Crippen LogP contribution in [0.1, 0.15) is 18.1 Å². The van der Waals surface area contributed by atoms with Gasteiger partial charge in [-0.1, -0.05) is 25.1 Å². The second-order valence-corrected chi connectivity index (χ2v) is 5.27. The molecule has 0 radical (unpaired) electrons. The molecule has 0 spiro atoms. The van der Waals surface area contributed by atoms with Gasteiger partial charge in [-0.2, -0.15) is 5.10 Å². The Morgan fingerprint density at radius 2 is 1.85 bits per heavy atom. The summed E-state index contributed by atoms with van der Waals surface area (Å²) in [6, 6.07) is 12.5. The van der Waals surface area contributed by atoms with Gasteiger partial charge in [0, 0.05) is 11.3 Å². The number of methoxy groups -OCH3 is 2. The number of benzene rings is 2. The van der Waals surface area contributed by atoms with Gasteiger partial charge in [-0.15, -0.1) is 0 Å². The van der Waals surface area contributed by atoms with Crippen LogP contribution in [0.4, 0.5) is 5.69 Å². The number of nitrogens with zero attached hydrogens (tertiary/aromatic N) is 1. The van der Waals surface area contributed by atoms with E-state index in [1.54, 1.807) is 37.4 Å². The molecule has 2 aromatic carbocycles. The van der Waals surface area contributed by atoms with Gasteiger partial charge in [-0.25, -0.2) is 5.43 Å². The van der Waals surface area contributed by atoms with Crippen LogP contribution in [0.3, 0.4) is 0 Å². The summed E-state index contributed by atoms with van der Waals surface area (Å²) in [5, 5.41) is 6.39. The molecule has 0 aliphatic heterocycles. The minimum Gasteiger partial charge on any atom is -0.497 e. The Bertz CT molecular complexity index is 818. The van der Waals surface area contributed by atoms with E-state index in [1.807, 2.05) is 19.1 Å². The lowest BCUT2D eigenvalue weighted by Gasteiger charge is -2.08. The molecular formula is C19H21N3O4. The lowest BCUT2D eigenvalue weighted by molar-refractivity contribution is -0.136. The fraction of sp³-hybridized carbons (Fsp3) is 0.211. The normalized spacial score (nSPS) is 10.4. The lowest BCUT2D eigenvalue weighted by Crippen LogP contribution is -2.32. The van der Waals surface area contributed by atoms with Crippen molar-refractivity contribution < 1.29 is 19.1 Å². The van der Waals surface area contributed by atoms with Gasteiger partial charge in [0.15, 0.2) is 0 Å².